The lowest BCUT2D eigenvalue weighted by Gasteiger charge is -2.15. The highest BCUT2D eigenvalue weighted by Crippen LogP contribution is 2.28. The van der Waals surface area contributed by atoms with Crippen molar-refractivity contribution in [1.82, 2.24) is 14.8 Å². The molecule has 7 nitrogen and oxygen atoms in total. The van der Waals surface area contributed by atoms with Crippen molar-refractivity contribution < 1.29 is 13.2 Å². The Morgan fingerprint density at radius 2 is 2.21 bits per heavy atom. The minimum absolute atomic E-state index is 0.0845. The average Bonchev–Trinajstić information content (AvgIpc) is 3.17. The number of hydrogen-bond donors (Lipinski definition) is 1. The van der Waals surface area contributed by atoms with E-state index in [1.54, 1.807) is 10.7 Å². The van der Waals surface area contributed by atoms with E-state index in [4.69, 9.17) is 0 Å². The van der Waals surface area contributed by atoms with Gasteiger partial charge in [0.25, 0.3) is 5.91 Å². The molecule has 24 heavy (non-hydrogen) atoms. The Morgan fingerprint density at radius 1 is 1.46 bits per heavy atom. The maximum atomic E-state index is 12.4. The molecular formula is C15H20N4O3S2. The molecule has 9 heteroatoms. The molecule has 3 heterocycles. The van der Waals surface area contributed by atoms with Gasteiger partial charge in [-0.3, -0.25) is 14.8 Å². The molecule has 130 valence electrons. The van der Waals surface area contributed by atoms with Gasteiger partial charge in [-0.1, -0.05) is 13.8 Å². The fourth-order valence-electron chi connectivity index (χ4n) is 2.78. The number of aryl methyl sites for hydroxylation is 1. The molecule has 2 aromatic rings. The van der Waals surface area contributed by atoms with Gasteiger partial charge in [-0.15, -0.1) is 11.3 Å². The van der Waals surface area contributed by atoms with Gasteiger partial charge in [0.1, 0.15) is 0 Å². The van der Waals surface area contributed by atoms with Crippen molar-refractivity contribution in [3.63, 3.8) is 0 Å². The molecular weight excluding hydrogens is 348 g/mol. The highest BCUT2D eigenvalue weighted by molar-refractivity contribution is 7.91. The number of carbonyl (C=O) groups excluding carboxylic acids is 1. The van der Waals surface area contributed by atoms with Crippen molar-refractivity contribution >= 4 is 32.2 Å². The third-order valence-electron chi connectivity index (χ3n) is 3.98. The van der Waals surface area contributed by atoms with E-state index < -0.39 is 9.84 Å². The molecule has 1 atom stereocenters. The number of aromatic nitrogens is 3. The lowest BCUT2D eigenvalue weighted by atomic mass is 10.1. The minimum Gasteiger partial charge on any atom is -0.296 e. The number of sulfone groups is 1. The van der Waals surface area contributed by atoms with Crippen molar-refractivity contribution in [2.75, 3.05) is 16.8 Å². The summed E-state index contributed by atoms with van der Waals surface area (Å²) in [6.07, 6.45) is 0.538. The van der Waals surface area contributed by atoms with E-state index in [1.165, 1.54) is 11.3 Å². The Hall–Kier alpha value is -1.74. The predicted molar refractivity (Wildman–Crippen MR) is 93.4 cm³/mol. The summed E-state index contributed by atoms with van der Waals surface area (Å²) in [4.78, 5) is 16.6. The lowest BCUT2D eigenvalue weighted by Crippen LogP contribution is -2.17. The molecule has 0 spiro atoms. The molecule has 0 saturated carbocycles. The van der Waals surface area contributed by atoms with Crippen LogP contribution in [0.4, 0.5) is 5.13 Å². The molecule has 1 N–H and O–H groups in total. The summed E-state index contributed by atoms with van der Waals surface area (Å²) in [6, 6.07) is 1.54. The van der Waals surface area contributed by atoms with Gasteiger partial charge < -0.3 is 0 Å². The van der Waals surface area contributed by atoms with Crippen molar-refractivity contribution in [2.24, 2.45) is 0 Å². The molecule has 1 aliphatic heterocycles. The molecule has 0 aliphatic carbocycles. The van der Waals surface area contributed by atoms with Crippen LogP contribution in [0, 0.1) is 6.92 Å². The second-order valence-corrected chi connectivity index (χ2v) is 9.45. The monoisotopic (exact) mass is 368 g/mol. The van der Waals surface area contributed by atoms with Crippen molar-refractivity contribution in [2.45, 2.75) is 39.2 Å². The number of hydrogen-bond acceptors (Lipinski definition) is 6. The van der Waals surface area contributed by atoms with Crippen molar-refractivity contribution in [3.05, 3.63) is 28.5 Å². The zero-order valence-corrected chi connectivity index (χ0v) is 15.4. The van der Waals surface area contributed by atoms with E-state index in [9.17, 15) is 13.2 Å². The van der Waals surface area contributed by atoms with Gasteiger partial charge in [0, 0.05) is 11.1 Å². The Labute approximate surface area is 145 Å². The van der Waals surface area contributed by atoms with E-state index in [0.29, 0.717) is 11.6 Å². The lowest BCUT2D eigenvalue weighted by molar-refractivity contribution is 0.102. The number of carbonyl (C=O) groups is 1. The Balaban J connectivity index is 1.87. The normalized spacial score (nSPS) is 19.8. The standard InChI is InChI=1S/C15H20N4O3S2/c1-9(2)13-6-12(14(20)17-15-16-10(3)7-23-15)18-19(13)11-4-5-24(21,22)8-11/h6-7,9,11H,4-5,8H2,1-3H3,(H,16,17,20). The molecule has 0 aromatic carbocycles. The molecule has 1 unspecified atom stereocenters. The van der Waals surface area contributed by atoms with Crippen LogP contribution in [0.25, 0.3) is 0 Å². The van der Waals surface area contributed by atoms with Crippen molar-refractivity contribution in [1.29, 1.82) is 0 Å². The van der Waals surface area contributed by atoms with E-state index in [-0.39, 0.29) is 35.1 Å². The van der Waals surface area contributed by atoms with E-state index in [1.807, 2.05) is 26.2 Å². The van der Waals surface area contributed by atoms with Gasteiger partial charge in [0.2, 0.25) is 0 Å². The largest absolute Gasteiger partial charge is 0.296 e. The van der Waals surface area contributed by atoms with Gasteiger partial charge in [0.15, 0.2) is 20.7 Å². The van der Waals surface area contributed by atoms with E-state index >= 15 is 0 Å². The van der Waals surface area contributed by atoms with Crippen LogP contribution in [0.15, 0.2) is 11.4 Å². The third kappa shape index (κ3) is 3.51. The smallest absolute Gasteiger partial charge is 0.277 e. The van der Waals surface area contributed by atoms with Gasteiger partial charge in [-0.2, -0.15) is 5.10 Å². The number of anilines is 1. The average molecular weight is 368 g/mol. The van der Waals surface area contributed by atoms with Crippen LogP contribution < -0.4 is 5.32 Å². The third-order valence-corrected chi connectivity index (χ3v) is 6.61. The summed E-state index contributed by atoms with van der Waals surface area (Å²) in [7, 11) is -3.01. The SMILES string of the molecule is Cc1csc(NC(=O)c2cc(C(C)C)n(C3CCS(=O)(=O)C3)n2)n1. The summed E-state index contributed by atoms with van der Waals surface area (Å²) in [5, 5.41) is 9.53. The highest BCUT2D eigenvalue weighted by atomic mass is 32.2. The first-order valence-corrected chi connectivity index (χ1v) is 10.5. The fourth-order valence-corrected chi connectivity index (χ4v) is 5.16. The maximum Gasteiger partial charge on any atom is 0.277 e. The Kier molecular flexibility index (Phi) is 4.48. The Bertz CT molecular complexity index is 867. The summed E-state index contributed by atoms with van der Waals surface area (Å²) >= 11 is 1.36. The second kappa shape index (κ2) is 6.29. The zero-order valence-electron chi connectivity index (χ0n) is 13.8. The quantitative estimate of drug-likeness (QED) is 0.894. The van der Waals surface area contributed by atoms with Crippen LogP contribution >= 0.6 is 11.3 Å². The van der Waals surface area contributed by atoms with E-state index in [2.05, 4.69) is 15.4 Å². The minimum atomic E-state index is -3.01. The van der Waals surface area contributed by atoms with Gasteiger partial charge >= 0.3 is 0 Å². The molecule has 1 aliphatic rings. The first-order chi connectivity index (χ1) is 11.2. The zero-order chi connectivity index (χ0) is 17.5. The van der Waals surface area contributed by atoms with Crippen LogP contribution in [-0.4, -0.2) is 40.6 Å². The van der Waals surface area contributed by atoms with E-state index in [0.717, 1.165) is 11.4 Å². The number of amides is 1. The van der Waals surface area contributed by atoms with Crippen LogP contribution in [0.1, 0.15) is 54.1 Å². The first-order valence-electron chi connectivity index (χ1n) is 7.78. The molecule has 1 fully saturated rings. The number of rotatable bonds is 4. The molecule has 2 aromatic heterocycles. The molecule has 1 amide bonds. The molecule has 0 bridgehead atoms. The summed E-state index contributed by atoms with van der Waals surface area (Å²) in [5.41, 5.74) is 2.01. The van der Waals surface area contributed by atoms with Crippen LogP contribution in [0.5, 0.6) is 0 Å². The fraction of sp³-hybridized carbons (Fsp3) is 0.533. The summed E-state index contributed by atoms with van der Waals surface area (Å²) in [5.74, 6) is 0.0751. The second-order valence-electron chi connectivity index (χ2n) is 6.36. The van der Waals surface area contributed by atoms with Crippen LogP contribution in [0.2, 0.25) is 0 Å². The molecule has 0 radical (unpaired) electrons. The van der Waals surface area contributed by atoms with Gasteiger partial charge in [-0.05, 0) is 25.3 Å². The molecule has 3 rings (SSSR count). The molecule has 1 saturated heterocycles. The highest BCUT2D eigenvalue weighted by Gasteiger charge is 2.32. The number of nitrogens with zero attached hydrogens (tertiary/aromatic N) is 3. The number of thiazole rings is 1. The topological polar surface area (TPSA) is 94.0 Å². The number of nitrogens with one attached hydrogen (secondary N) is 1. The van der Waals surface area contributed by atoms with Crippen LogP contribution in [-0.2, 0) is 9.84 Å². The summed E-state index contributed by atoms with van der Waals surface area (Å²) in [6.45, 7) is 5.87. The predicted octanol–water partition coefficient (Wildman–Crippen LogP) is 2.38. The van der Waals surface area contributed by atoms with Gasteiger partial charge in [0.05, 0.1) is 23.2 Å². The maximum absolute atomic E-state index is 12.4. The van der Waals surface area contributed by atoms with Crippen LogP contribution in [0.3, 0.4) is 0 Å². The van der Waals surface area contributed by atoms with Gasteiger partial charge in [-0.25, -0.2) is 13.4 Å². The van der Waals surface area contributed by atoms with Crippen molar-refractivity contribution in [3.8, 4) is 0 Å². The summed E-state index contributed by atoms with van der Waals surface area (Å²) < 4.78 is 25.2. The first kappa shape index (κ1) is 17.1. The Morgan fingerprint density at radius 3 is 2.75 bits per heavy atom.